The van der Waals surface area contributed by atoms with Crippen LogP contribution in [-0.4, -0.2) is 46.8 Å². The number of piperidine rings is 1. The molecule has 4 nitrogen and oxygen atoms in total. The molecule has 3 heterocycles. The average Bonchev–Trinajstić information content (AvgIpc) is 3.12. The molecule has 0 spiro atoms. The predicted octanol–water partition coefficient (Wildman–Crippen LogP) is 3.64. The maximum atomic E-state index is 14.2. The Kier molecular flexibility index (Phi) is 4.81. The first-order valence-corrected chi connectivity index (χ1v) is 9.03. The third-order valence-electron chi connectivity index (χ3n) is 5.45. The minimum absolute atomic E-state index is 0.0284. The summed E-state index contributed by atoms with van der Waals surface area (Å²) in [5, 5.41) is 0. The van der Waals surface area contributed by atoms with Crippen LogP contribution < -0.4 is 0 Å². The van der Waals surface area contributed by atoms with Gasteiger partial charge in [0.1, 0.15) is 17.5 Å². The van der Waals surface area contributed by atoms with Gasteiger partial charge in [-0.2, -0.15) is 0 Å². The molecule has 0 unspecified atom stereocenters. The molecule has 0 atom stereocenters. The summed E-state index contributed by atoms with van der Waals surface area (Å²) < 4.78 is 35.7. The van der Waals surface area contributed by atoms with Crippen LogP contribution >= 0.6 is 0 Å². The Labute approximate surface area is 146 Å². The quantitative estimate of drug-likeness (QED) is 0.849. The second-order valence-corrected chi connectivity index (χ2v) is 6.87. The van der Waals surface area contributed by atoms with E-state index < -0.39 is 11.6 Å². The summed E-state index contributed by atoms with van der Waals surface area (Å²) in [4.78, 5) is 6.79. The summed E-state index contributed by atoms with van der Waals surface area (Å²) in [7, 11) is 0. The molecule has 1 aromatic heterocycles. The molecule has 2 aromatic rings. The molecule has 2 aliphatic rings. The van der Waals surface area contributed by atoms with Crippen LogP contribution in [0, 0.1) is 11.6 Å². The van der Waals surface area contributed by atoms with Crippen molar-refractivity contribution in [2.24, 2.45) is 0 Å². The van der Waals surface area contributed by atoms with Gasteiger partial charge in [0.2, 0.25) is 0 Å². The first kappa shape index (κ1) is 16.7. The fourth-order valence-electron chi connectivity index (χ4n) is 4.09. The highest BCUT2D eigenvalue weighted by Gasteiger charge is 2.28. The monoisotopic (exact) mass is 347 g/mol. The summed E-state index contributed by atoms with van der Waals surface area (Å²) in [5.41, 5.74) is -0.0284. The van der Waals surface area contributed by atoms with Gasteiger partial charge < -0.3 is 14.2 Å². The van der Waals surface area contributed by atoms with Crippen LogP contribution in [0.5, 0.6) is 0 Å². The fourth-order valence-corrected chi connectivity index (χ4v) is 4.09. The molecule has 134 valence electrons. The van der Waals surface area contributed by atoms with E-state index in [1.54, 1.807) is 6.20 Å². The van der Waals surface area contributed by atoms with Crippen LogP contribution in [0.2, 0.25) is 0 Å². The van der Waals surface area contributed by atoms with Crippen LogP contribution in [0.25, 0.3) is 11.4 Å². The average molecular weight is 347 g/mol. The summed E-state index contributed by atoms with van der Waals surface area (Å²) in [6.45, 7) is 3.71. The number of nitrogens with zero attached hydrogens (tertiary/aromatic N) is 3. The summed E-state index contributed by atoms with van der Waals surface area (Å²) in [6, 6.07) is 4.79. The lowest BCUT2D eigenvalue weighted by Gasteiger charge is -2.39. The van der Waals surface area contributed by atoms with E-state index in [1.807, 2.05) is 10.8 Å². The van der Waals surface area contributed by atoms with Gasteiger partial charge in [-0.1, -0.05) is 6.07 Å². The minimum atomic E-state index is -0.563. The molecule has 6 heteroatoms. The van der Waals surface area contributed by atoms with Crippen molar-refractivity contribution < 1.29 is 13.5 Å². The van der Waals surface area contributed by atoms with Gasteiger partial charge in [0.05, 0.1) is 5.56 Å². The number of likely N-dealkylation sites (tertiary alicyclic amines) is 1. The molecule has 2 saturated heterocycles. The molecule has 0 saturated carbocycles. The Morgan fingerprint density at radius 3 is 2.32 bits per heavy atom. The molecule has 0 bridgehead atoms. The molecule has 4 rings (SSSR count). The van der Waals surface area contributed by atoms with Gasteiger partial charge >= 0.3 is 0 Å². The highest BCUT2D eigenvalue weighted by molar-refractivity contribution is 5.57. The van der Waals surface area contributed by atoms with Gasteiger partial charge in [0.25, 0.3) is 0 Å². The number of hydrogen-bond acceptors (Lipinski definition) is 3. The lowest BCUT2D eigenvalue weighted by Crippen LogP contribution is -2.44. The molecule has 25 heavy (non-hydrogen) atoms. The van der Waals surface area contributed by atoms with Crippen LogP contribution in [0.3, 0.4) is 0 Å². The van der Waals surface area contributed by atoms with E-state index >= 15 is 0 Å². The summed E-state index contributed by atoms with van der Waals surface area (Å²) in [6.07, 6.45) is 7.61. The Bertz CT molecular complexity index is 699. The number of aromatic nitrogens is 2. The number of halogens is 2. The third kappa shape index (κ3) is 3.33. The second-order valence-electron chi connectivity index (χ2n) is 6.87. The van der Waals surface area contributed by atoms with E-state index in [0.717, 1.165) is 52.0 Å². The van der Waals surface area contributed by atoms with Crippen molar-refractivity contribution in [1.82, 2.24) is 14.5 Å². The number of benzene rings is 1. The van der Waals surface area contributed by atoms with Crippen LogP contribution in [-0.2, 0) is 4.74 Å². The molecular weight excluding hydrogens is 324 g/mol. The minimum Gasteiger partial charge on any atom is -0.381 e. The van der Waals surface area contributed by atoms with Crippen LogP contribution in [0.15, 0.2) is 30.6 Å². The molecule has 2 fully saturated rings. The zero-order valence-electron chi connectivity index (χ0n) is 14.2. The standard InChI is InChI=1S/C19H23F2N3O/c20-16-2-1-3-17(21)18(16)19-22-8-11-24(19)15-4-9-23(10-5-15)14-6-12-25-13-7-14/h1-3,8,11,14-15H,4-7,9-10,12-13H2. The lowest BCUT2D eigenvalue weighted by molar-refractivity contribution is 0.0220. The molecule has 2 aliphatic heterocycles. The predicted molar refractivity (Wildman–Crippen MR) is 91.3 cm³/mol. The van der Waals surface area contributed by atoms with Crippen molar-refractivity contribution in [1.29, 1.82) is 0 Å². The lowest BCUT2D eigenvalue weighted by atomic mass is 9.99. The van der Waals surface area contributed by atoms with Gasteiger partial charge in [-0.05, 0) is 37.8 Å². The smallest absolute Gasteiger partial charge is 0.146 e. The largest absolute Gasteiger partial charge is 0.381 e. The Morgan fingerprint density at radius 2 is 1.64 bits per heavy atom. The molecule has 0 radical (unpaired) electrons. The van der Waals surface area contributed by atoms with E-state index in [2.05, 4.69) is 9.88 Å². The van der Waals surface area contributed by atoms with Gasteiger partial charge in [-0.25, -0.2) is 13.8 Å². The van der Waals surface area contributed by atoms with Gasteiger partial charge in [0, 0.05) is 50.8 Å². The van der Waals surface area contributed by atoms with Gasteiger partial charge in [-0.15, -0.1) is 0 Å². The molecule has 0 aliphatic carbocycles. The second kappa shape index (κ2) is 7.22. The molecule has 0 amide bonds. The van der Waals surface area contributed by atoms with Crippen molar-refractivity contribution >= 4 is 0 Å². The highest BCUT2D eigenvalue weighted by atomic mass is 19.1. The van der Waals surface area contributed by atoms with Crippen molar-refractivity contribution in [2.75, 3.05) is 26.3 Å². The fraction of sp³-hybridized carbons (Fsp3) is 0.526. The van der Waals surface area contributed by atoms with Crippen molar-refractivity contribution in [3.8, 4) is 11.4 Å². The normalized spacial score (nSPS) is 20.9. The van der Waals surface area contributed by atoms with E-state index in [9.17, 15) is 8.78 Å². The van der Waals surface area contributed by atoms with E-state index in [1.165, 1.54) is 18.2 Å². The van der Waals surface area contributed by atoms with Gasteiger partial charge in [-0.3, -0.25) is 0 Å². The Hall–Kier alpha value is -1.79. The SMILES string of the molecule is Fc1cccc(F)c1-c1nccn1C1CCN(C2CCOCC2)CC1. The summed E-state index contributed by atoms with van der Waals surface area (Å²) >= 11 is 0. The van der Waals surface area contributed by atoms with Gasteiger partial charge in [0.15, 0.2) is 0 Å². The van der Waals surface area contributed by atoms with E-state index in [4.69, 9.17) is 4.74 Å². The highest BCUT2D eigenvalue weighted by Crippen LogP contribution is 2.32. The molecule has 0 N–H and O–H groups in total. The maximum Gasteiger partial charge on any atom is 0.146 e. The van der Waals surface area contributed by atoms with Crippen molar-refractivity contribution in [2.45, 2.75) is 37.8 Å². The van der Waals surface area contributed by atoms with Crippen molar-refractivity contribution in [3.05, 3.63) is 42.2 Å². The topological polar surface area (TPSA) is 30.3 Å². The molecule has 1 aromatic carbocycles. The number of imidazole rings is 1. The number of rotatable bonds is 3. The van der Waals surface area contributed by atoms with Crippen LogP contribution in [0.1, 0.15) is 31.7 Å². The first-order valence-electron chi connectivity index (χ1n) is 9.03. The Balaban J connectivity index is 1.50. The zero-order chi connectivity index (χ0) is 17.2. The first-order chi connectivity index (χ1) is 12.2. The van der Waals surface area contributed by atoms with Crippen LogP contribution in [0.4, 0.5) is 8.78 Å². The maximum absolute atomic E-state index is 14.2. The number of hydrogen-bond donors (Lipinski definition) is 0. The summed E-state index contributed by atoms with van der Waals surface area (Å²) in [5.74, 6) is -0.737. The van der Waals surface area contributed by atoms with E-state index in [0.29, 0.717) is 11.9 Å². The van der Waals surface area contributed by atoms with E-state index in [-0.39, 0.29) is 11.6 Å². The number of ether oxygens (including phenoxy) is 1. The Morgan fingerprint density at radius 1 is 0.960 bits per heavy atom. The zero-order valence-corrected chi connectivity index (χ0v) is 14.2. The molecular formula is C19H23F2N3O. The third-order valence-corrected chi connectivity index (χ3v) is 5.45. The van der Waals surface area contributed by atoms with Crippen molar-refractivity contribution in [3.63, 3.8) is 0 Å².